The summed E-state index contributed by atoms with van der Waals surface area (Å²) in [6.07, 6.45) is 5.35. The van der Waals surface area contributed by atoms with Crippen LogP contribution in [0.3, 0.4) is 0 Å². The third kappa shape index (κ3) is 7.04. The van der Waals surface area contributed by atoms with Gasteiger partial charge in [-0.05, 0) is 33.0 Å². The first kappa shape index (κ1) is 15.7. The third-order valence-corrected chi connectivity index (χ3v) is 2.79. The molecule has 1 heterocycles. The van der Waals surface area contributed by atoms with Crippen LogP contribution in [-0.2, 0) is 4.79 Å². The van der Waals surface area contributed by atoms with E-state index in [0.29, 0.717) is 6.54 Å². The van der Waals surface area contributed by atoms with E-state index in [1.807, 2.05) is 0 Å². The van der Waals surface area contributed by atoms with E-state index in [2.05, 4.69) is 15.5 Å². The van der Waals surface area contributed by atoms with Crippen molar-refractivity contribution in [1.82, 2.24) is 15.5 Å². The molecule has 1 aliphatic heterocycles. The summed E-state index contributed by atoms with van der Waals surface area (Å²) in [5.41, 5.74) is 0. The number of hydrogen-bond acceptors (Lipinski definition) is 3. The minimum absolute atomic E-state index is 0. The molecule has 0 spiro atoms. The summed E-state index contributed by atoms with van der Waals surface area (Å²) in [6.45, 7) is 4.58. The molecular weight excluding hydrogens is 226 g/mol. The molecule has 4 nitrogen and oxygen atoms in total. The van der Waals surface area contributed by atoms with Gasteiger partial charge in [0, 0.05) is 13.1 Å². The van der Waals surface area contributed by atoms with Crippen molar-refractivity contribution in [2.24, 2.45) is 0 Å². The van der Waals surface area contributed by atoms with Crippen molar-refractivity contribution >= 4 is 18.3 Å². The predicted octanol–water partition coefficient (Wildman–Crippen LogP) is 0.620. The molecule has 0 bridgehead atoms. The summed E-state index contributed by atoms with van der Waals surface area (Å²) in [5.74, 6) is 0.0901. The second kappa shape index (κ2) is 9.87. The molecule has 0 aliphatic carbocycles. The van der Waals surface area contributed by atoms with Gasteiger partial charge in [-0.25, -0.2) is 0 Å². The van der Waals surface area contributed by atoms with Gasteiger partial charge in [0.25, 0.3) is 0 Å². The second-order valence-corrected chi connectivity index (χ2v) is 4.14. The second-order valence-electron chi connectivity index (χ2n) is 4.14. The molecule has 1 aliphatic rings. The Hall–Kier alpha value is -0.320. The van der Waals surface area contributed by atoms with Crippen molar-refractivity contribution in [3.05, 3.63) is 0 Å². The smallest absolute Gasteiger partial charge is 0.233 e. The van der Waals surface area contributed by atoms with E-state index in [1.54, 1.807) is 7.05 Å². The van der Waals surface area contributed by atoms with Gasteiger partial charge in [-0.2, -0.15) is 0 Å². The Labute approximate surface area is 105 Å². The first-order valence-electron chi connectivity index (χ1n) is 5.96. The van der Waals surface area contributed by atoms with Gasteiger partial charge in [0.2, 0.25) is 5.91 Å². The Bertz CT molecular complexity index is 182. The monoisotopic (exact) mass is 249 g/mol. The number of hydrogen-bond donors (Lipinski definition) is 2. The number of nitrogens with zero attached hydrogens (tertiary/aromatic N) is 1. The van der Waals surface area contributed by atoms with Gasteiger partial charge in [0.1, 0.15) is 0 Å². The molecule has 16 heavy (non-hydrogen) atoms. The van der Waals surface area contributed by atoms with E-state index in [-0.39, 0.29) is 18.3 Å². The fourth-order valence-corrected chi connectivity index (χ4v) is 1.94. The normalized spacial score (nSPS) is 17.3. The molecule has 1 amide bonds. The zero-order valence-electron chi connectivity index (χ0n) is 10.1. The number of rotatable bonds is 5. The highest BCUT2D eigenvalue weighted by atomic mass is 35.5. The average molecular weight is 250 g/mol. The van der Waals surface area contributed by atoms with Gasteiger partial charge in [-0.15, -0.1) is 12.4 Å². The van der Waals surface area contributed by atoms with E-state index in [1.165, 1.54) is 38.8 Å². The zero-order valence-corrected chi connectivity index (χ0v) is 10.9. The fourth-order valence-electron chi connectivity index (χ4n) is 1.94. The van der Waals surface area contributed by atoms with Crippen LogP contribution in [0.5, 0.6) is 0 Å². The van der Waals surface area contributed by atoms with Crippen molar-refractivity contribution < 1.29 is 4.79 Å². The summed E-state index contributed by atoms with van der Waals surface area (Å²) in [4.78, 5) is 13.6. The van der Waals surface area contributed by atoms with E-state index in [0.717, 1.165) is 13.1 Å². The van der Waals surface area contributed by atoms with Gasteiger partial charge in [0.15, 0.2) is 0 Å². The lowest BCUT2D eigenvalue weighted by Gasteiger charge is -2.19. The van der Waals surface area contributed by atoms with Gasteiger partial charge in [-0.1, -0.05) is 12.8 Å². The van der Waals surface area contributed by atoms with Crippen LogP contribution in [0.2, 0.25) is 0 Å². The topological polar surface area (TPSA) is 44.4 Å². The van der Waals surface area contributed by atoms with Gasteiger partial charge < -0.3 is 15.5 Å². The number of likely N-dealkylation sites (N-methyl/N-ethyl adjacent to an activating group) is 1. The van der Waals surface area contributed by atoms with E-state index >= 15 is 0 Å². The van der Waals surface area contributed by atoms with Crippen molar-refractivity contribution in [3.8, 4) is 0 Å². The van der Waals surface area contributed by atoms with Gasteiger partial charge in [-0.3, -0.25) is 4.79 Å². The lowest BCUT2D eigenvalue weighted by molar-refractivity contribution is -0.120. The first-order valence-corrected chi connectivity index (χ1v) is 5.96. The van der Waals surface area contributed by atoms with Crippen LogP contribution < -0.4 is 10.6 Å². The molecular formula is C11H24ClN3O. The molecule has 0 saturated carbocycles. The quantitative estimate of drug-likeness (QED) is 0.751. The summed E-state index contributed by atoms with van der Waals surface area (Å²) in [7, 11) is 1.79. The highest BCUT2D eigenvalue weighted by Gasteiger charge is 2.08. The van der Waals surface area contributed by atoms with Crippen molar-refractivity contribution in [2.75, 3.05) is 39.8 Å². The van der Waals surface area contributed by atoms with Crippen LogP contribution in [0.1, 0.15) is 25.7 Å². The lowest BCUT2D eigenvalue weighted by atomic mass is 10.2. The maximum Gasteiger partial charge on any atom is 0.233 e. The summed E-state index contributed by atoms with van der Waals surface area (Å²) in [5, 5.41) is 5.75. The average Bonchev–Trinajstić information content (AvgIpc) is 2.47. The van der Waals surface area contributed by atoms with Crippen LogP contribution >= 0.6 is 12.4 Å². The molecule has 0 radical (unpaired) electrons. The van der Waals surface area contributed by atoms with Crippen molar-refractivity contribution in [3.63, 3.8) is 0 Å². The summed E-state index contributed by atoms with van der Waals surface area (Å²) >= 11 is 0. The molecule has 0 aromatic carbocycles. The number of nitrogens with one attached hydrogen (secondary N) is 2. The van der Waals surface area contributed by atoms with E-state index in [4.69, 9.17) is 0 Å². The molecule has 96 valence electrons. The number of amides is 1. The first-order chi connectivity index (χ1) is 7.33. The molecule has 0 aromatic rings. The largest absolute Gasteiger partial charge is 0.354 e. The van der Waals surface area contributed by atoms with Crippen LogP contribution in [0.15, 0.2) is 0 Å². The molecule has 0 aromatic heterocycles. The van der Waals surface area contributed by atoms with Crippen molar-refractivity contribution in [1.29, 1.82) is 0 Å². The molecule has 5 heteroatoms. The standard InChI is InChI=1S/C11H23N3O.ClH/c1-12-10-11(15)13-6-9-14-7-4-2-3-5-8-14;/h12H,2-10H2,1H3,(H,13,15);1H. The highest BCUT2D eigenvalue weighted by Crippen LogP contribution is 2.08. The Kier molecular flexibility index (Phi) is 9.68. The molecule has 0 unspecified atom stereocenters. The van der Waals surface area contributed by atoms with E-state index < -0.39 is 0 Å². The predicted molar refractivity (Wildman–Crippen MR) is 69.1 cm³/mol. The Balaban J connectivity index is 0.00000225. The van der Waals surface area contributed by atoms with E-state index in [9.17, 15) is 4.79 Å². The number of carbonyl (C=O) groups excluding carboxylic acids is 1. The zero-order chi connectivity index (χ0) is 10.9. The maximum atomic E-state index is 11.2. The SMILES string of the molecule is CNCC(=O)NCCN1CCCCCC1.Cl. The highest BCUT2D eigenvalue weighted by molar-refractivity contribution is 5.85. The van der Waals surface area contributed by atoms with Gasteiger partial charge >= 0.3 is 0 Å². The molecule has 2 N–H and O–H groups in total. The minimum Gasteiger partial charge on any atom is -0.354 e. The minimum atomic E-state index is 0. The van der Waals surface area contributed by atoms with Crippen molar-refractivity contribution in [2.45, 2.75) is 25.7 Å². The molecule has 1 rings (SSSR count). The van der Waals surface area contributed by atoms with Gasteiger partial charge in [0.05, 0.1) is 6.54 Å². The number of carbonyl (C=O) groups is 1. The Morgan fingerprint density at radius 1 is 1.19 bits per heavy atom. The summed E-state index contributed by atoms with van der Waals surface area (Å²) in [6, 6.07) is 0. The molecule has 1 saturated heterocycles. The molecule has 1 fully saturated rings. The number of halogens is 1. The number of likely N-dealkylation sites (tertiary alicyclic amines) is 1. The fraction of sp³-hybridized carbons (Fsp3) is 0.909. The maximum absolute atomic E-state index is 11.2. The van der Waals surface area contributed by atoms with Crippen LogP contribution in [0.4, 0.5) is 0 Å². The summed E-state index contributed by atoms with van der Waals surface area (Å²) < 4.78 is 0. The Morgan fingerprint density at radius 3 is 2.38 bits per heavy atom. The lowest BCUT2D eigenvalue weighted by Crippen LogP contribution is -2.38. The van der Waals surface area contributed by atoms with Crippen LogP contribution in [0, 0.1) is 0 Å². The van der Waals surface area contributed by atoms with Crippen LogP contribution in [-0.4, -0.2) is 50.6 Å². The van der Waals surface area contributed by atoms with Crippen LogP contribution in [0.25, 0.3) is 0 Å². The third-order valence-electron chi connectivity index (χ3n) is 2.79. The molecule has 0 atom stereocenters. The Morgan fingerprint density at radius 2 is 1.81 bits per heavy atom.